The van der Waals surface area contributed by atoms with Crippen LogP contribution in [-0.2, 0) is 0 Å². The van der Waals surface area contributed by atoms with Crippen LogP contribution in [0.15, 0.2) is 29.3 Å². The lowest BCUT2D eigenvalue weighted by molar-refractivity contribution is 1.17. The van der Waals surface area contributed by atoms with E-state index in [1.807, 2.05) is 36.0 Å². The van der Waals surface area contributed by atoms with Gasteiger partial charge < -0.3 is 5.73 Å². The normalized spacial score (nSPS) is 16.2. The fourth-order valence-corrected chi connectivity index (χ4v) is 2.00. The Morgan fingerprint density at radius 2 is 2.08 bits per heavy atom. The van der Waals surface area contributed by atoms with Crippen LogP contribution < -0.4 is 5.73 Å². The molecule has 3 heteroatoms. The van der Waals surface area contributed by atoms with Crippen LogP contribution in [0.4, 0.5) is 5.69 Å². The molecule has 1 aromatic carbocycles. The van der Waals surface area contributed by atoms with Gasteiger partial charge in [0.1, 0.15) is 0 Å². The standard InChI is InChI=1S/C9H10N2S.H2/c10-8-3-1-7(2-4-8)9-11-5-6-12-9;/h1-4H,5-6,10H2;1H. The van der Waals surface area contributed by atoms with Crippen LogP contribution in [0.5, 0.6) is 0 Å². The molecule has 0 saturated carbocycles. The highest BCUT2D eigenvalue weighted by molar-refractivity contribution is 8.14. The summed E-state index contributed by atoms with van der Waals surface area (Å²) >= 11 is 1.81. The van der Waals surface area contributed by atoms with Crippen molar-refractivity contribution in [2.75, 3.05) is 18.0 Å². The molecule has 0 saturated heterocycles. The third-order valence-corrected chi connectivity index (χ3v) is 2.77. The quantitative estimate of drug-likeness (QED) is 0.671. The third kappa shape index (κ3) is 1.46. The van der Waals surface area contributed by atoms with Crippen LogP contribution in [0.2, 0.25) is 0 Å². The largest absolute Gasteiger partial charge is 0.399 e. The number of hydrogen-bond donors (Lipinski definition) is 1. The number of aliphatic imine (C=N–C) groups is 1. The second kappa shape index (κ2) is 3.19. The minimum absolute atomic E-state index is 0. The molecule has 0 bridgehead atoms. The predicted molar refractivity (Wildman–Crippen MR) is 56.8 cm³/mol. The van der Waals surface area contributed by atoms with Crippen molar-refractivity contribution in [1.29, 1.82) is 0 Å². The maximum Gasteiger partial charge on any atom is 0.0977 e. The average Bonchev–Trinajstić information content (AvgIpc) is 2.58. The van der Waals surface area contributed by atoms with Crippen molar-refractivity contribution in [3.8, 4) is 0 Å². The Morgan fingerprint density at radius 1 is 1.33 bits per heavy atom. The number of nitrogen functional groups attached to an aromatic ring is 1. The summed E-state index contributed by atoms with van der Waals surface area (Å²) in [4.78, 5) is 4.37. The van der Waals surface area contributed by atoms with Gasteiger partial charge >= 0.3 is 0 Å². The summed E-state index contributed by atoms with van der Waals surface area (Å²) in [5, 5.41) is 1.15. The summed E-state index contributed by atoms with van der Waals surface area (Å²) in [5.41, 5.74) is 7.57. The zero-order valence-electron chi connectivity index (χ0n) is 6.66. The van der Waals surface area contributed by atoms with Crippen molar-refractivity contribution in [3.63, 3.8) is 0 Å². The maximum absolute atomic E-state index is 5.58. The molecule has 0 unspecified atom stereocenters. The topological polar surface area (TPSA) is 38.4 Å². The van der Waals surface area contributed by atoms with E-state index in [4.69, 9.17) is 5.73 Å². The van der Waals surface area contributed by atoms with Crippen molar-refractivity contribution in [2.45, 2.75) is 0 Å². The molecule has 0 spiro atoms. The minimum atomic E-state index is 0. The van der Waals surface area contributed by atoms with Crippen molar-refractivity contribution >= 4 is 22.5 Å². The molecule has 0 aromatic heterocycles. The Labute approximate surface area is 77.4 Å². The van der Waals surface area contributed by atoms with Crippen LogP contribution in [0.25, 0.3) is 0 Å². The maximum atomic E-state index is 5.58. The second-order valence-electron chi connectivity index (χ2n) is 2.66. The van der Waals surface area contributed by atoms with E-state index in [9.17, 15) is 0 Å². The van der Waals surface area contributed by atoms with Gasteiger partial charge in [-0.05, 0) is 12.1 Å². The van der Waals surface area contributed by atoms with Gasteiger partial charge in [-0.3, -0.25) is 4.99 Å². The van der Waals surface area contributed by atoms with E-state index in [-0.39, 0.29) is 1.43 Å². The van der Waals surface area contributed by atoms with Gasteiger partial charge in [-0.25, -0.2) is 0 Å². The number of thioether (sulfide) groups is 1. The molecule has 0 atom stereocenters. The van der Waals surface area contributed by atoms with Crippen molar-refractivity contribution in [3.05, 3.63) is 29.8 Å². The van der Waals surface area contributed by atoms with E-state index in [1.54, 1.807) is 0 Å². The Morgan fingerprint density at radius 3 is 2.67 bits per heavy atom. The molecule has 0 radical (unpaired) electrons. The Balaban J connectivity index is 0.000000845. The first kappa shape index (κ1) is 7.68. The first-order chi connectivity index (χ1) is 5.86. The lowest BCUT2D eigenvalue weighted by Crippen LogP contribution is -1.92. The van der Waals surface area contributed by atoms with Crippen LogP contribution in [0.3, 0.4) is 0 Å². The summed E-state index contributed by atoms with van der Waals surface area (Å²) in [5.74, 6) is 1.11. The van der Waals surface area contributed by atoms with E-state index in [0.29, 0.717) is 0 Å². The lowest BCUT2D eigenvalue weighted by atomic mass is 10.2. The monoisotopic (exact) mass is 180 g/mol. The van der Waals surface area contributed by atoms with Gasteiger partial charge in [-0.2, -0.15) is 0 Å². The zero-order chi connectivity index (χ0) is 8.39. The molecular formula is C9H12N2S. The minimum Gasteiger partial charge on any atom is -0.399 e. The van der Waals surface area contributed by atoms with Crippen molar-refractivity contribution < 1.29 is 1.43 Å². The van der Waals surface area contributed by atoms with E-state index in [1.165, 1.54) is 5.56 Å². The molecule has 2 nitrogen and oxygen atoms in total. The molecule has 12 heavy (non-hydrogen) atoms. The van der Waals surface area contributed by atoms with Gasteiger partial charge in [-0.15, -0.1) is 11.8 Å². The number of nitrogens with two attached hydrogens (primary N) is 1. The molecule has 0 aliphatic carbocycles. The zero-order valence-corrected chi connectivity index (χ0v) is 7.47. The smallest absolute Gasteiger partial charge is 0.0977 e. The Kier molecular flexibility index (Phi) is 2.04. The van der Waals surface area contributed by atoms with E-state index >= 15 is 0 Å². The first-order valence-corrected chi connectivity index (χ1v) is 4.88. The number of anilines is 1. The fourth-order valence-electron chi connectivity index (χ4n) is 1.14. The van der Waals surface area contributed by atoms with Crippen LogP contribution >= 0.6 is 11.8 Å². The van der Waals surface area contributed by atoms with Gasteiger partial charge in [0.05, 0.1) is 5.04 Å². The SMILES string of the molecule is Nc1ccc(C2=NCCS2)cc1.[HH]. The summed E-state index contributed by atoms with van der Waals surface area (Å²) in [6.45, 7) is 0.949. The fraction of sp³-hybridized carbons (Fsp3) is 0.222. The van der Waals surface area contributed by atoms with E-state index < -0.39 is 0 Å². The van der Waals surface area contributed by atoms with Gasteiger partial charge in [0, 0.05) is 25.0 Å². The molecule has 1 heterocycles. The van der Waals surface area contributed by atoms with Gasteiger partial charge in [0.25, 0.3) is 0 Å². The molecule has 2 N–H and O–H groups in total. The lowest BCUT2D eigenvalue weighted by Gasteiger charge is -1.99. The van der Waals surface area contributed by atoms with Gasteiger partial charge in [0.2, 0.25) is 0 Å². The summed E-state index contributed by atoms with van der Waals surface area (Å²) in [6, 6.07) is 7.87. The molecule has 1 aliphatic rings. The number of benzene rings is 1. The molecule has 1 aliphatic heterocycles. The summed E-state index contributed by atoms with van der Waals surface area (Å²) < 4.78 is 0. The highest BCUT2D eigenvalue weighted by atomic mass is 32.2. The molecular weight excluding hydrogens is 168 g/mol. The number of rotatable bonds is 1. The van der Waals surface area contributed by atoms with E-state index in [0.717, 1.165) is 23.0 Å². The number of hydrogen-bond acceptors (Lipinski definition) is 3. The highest BCUT2D eigenvalue weighted by Gasteiger charge is 2.08. The predicted octanol–water partition coefficient (Wildman–Crippen LogP) is 2.01. The Hall–Kier alpha value is -0.960. The summed E-state index contributed by atoms with van der Waals surface area (Å²) in [7, 11) is 0. The van der Waals surface area contributed by atoms with Crippen LogP contribution in [0.1, 0.15) is 6.99 Å². The number of nitrogens with zero attached hydrogens (tertiary/aromatic N) is 1. The second-order valence-corrected chi connectivity index (χ2v) is 3.74. The molecule has 0 amide bonds. The van der Waals surface area contributed by atoms with Gasteiger partial charge in [0.15, 0.2) is 0 Å². The van der Waals surface area contributed by atoms with E-state index in [2.05, 4.69) is 4.99 Å². The highest BCUT2D eigenvalue weighted by Crippen LogP contribution is 2.19. The first-order valence-electron chi connectivity index (χ1n) is 3.89. The van der Waals surface area contributed by atoms with Crippen molar-refractivity contribution in [1.82, 2.24) is 0 Å². The molecule has 64 valence electrons. The average molecular weight is 180 g/mol. The third-order valence-electron chi connectivity index (χ3n) is 1.74. The Bertz CT molecular complexity index is 308. The van der Waals surface area contributed by atoms with Crippen LogP contribution in [-0.4, -0.2) is 17.3 Å². The van der Waals surface area contributed by atoms with Crippen LogP contribution in [0, 0.1) is 0 Å². The molecule has 1 aromatic rings. The summed E-state index contributed by atoms with van der Waals surface area (Å²) in [6.07, 6.45) is 0. The molecule has 2 rings (SSSR count). The van der Waals surface area contributed by atoms with Gasteiger partial charge in [-0.1, -0.05) is 12.1 Å². The van der Waals surface area contributed by atoms with Crippen molar-refractivity contribution in [2.24, 2.45) is 4.99 Å². The molecule has 0 fully saturated rings.